The number of ether oxygens (including phenoxy) is 3. The van der Waals surface area contributed by atoms with Gasteiger partial charge in [0.15, 0.2) is 17.1 Å². The molecule has 0 saturated heterocycles. The van der Waals surface area contributed by atoms with Crippen LogP contribution in [0.25, 0.3) is 22.3 Å². The van der Waals surface area contributed by atoms with E-state index >= 15 is 0 Å². The van der Waals surface area contributed by atoms with Crippen LogP contribution < -0.4 is 19.6 Å². The minimum atomic E-state index is -0.409. The molecule has 0 fully saturated rings. The van der Waals surface area contributed by atoms with Gasteiger partial charge in [0.25, 0.3) is 0 Å². The summed E-state index contributed by atoms with van der Waals surface area (Å²) in [5.41, 5.74) is 0.351. The Morgan fingerprint density at radius 3 is 2.21 bits per heavy atom. The van der Waals surface area contributed by atoms with Gasteiger partial charge in [-0.1, -0.05) is 30.3 Å². The largest absolute Gasteiger partial charge is 0.504 e. The lowest BCUT2D eigenvalue weighted by atomic mass is 10.1. The van der Waals surface area contributed by atoms with Crippen molar-refractivity contribution in [1.29, 1.82) is 0 Å². The molecule has 1 N–H and O–H groups in total. The number of methoxy groups -OCH3 is 3. The molecule has 0 radical (unpaired) electrons. The van der Waals surface area contributed by atoms with Gasteiger partial charge >= 0.3 is 0 Å². The highest BCUT2D eigenvalue weighted by Crippen LogP contribution is 2.42. The molecule has 1 heterocycles. The maximum absolute atomic E-state index is 12.9. The van der Waals surface area contributed by atoms with Crippen molar-refractivity contribution < 1.29 is 23.7 Å². The Morgan fingerprint density at radius 1 is 0.958 bits per heavy atom. The van der Waals surface area contributed by atoms with Gasteiger partial charge in [0.1, 0.15) is 11.1 Å². The second-order valence-corrected chi connectivity index (χ2v) is 4.99. The SMILES string of the molecule is COc1c(-c2ccccc2)oc2c(OC)c(O)cc(OC)c2c1=O. The van der Waals surface area contributed by atoms with E-state index in [1.807, 2.05) is 18.2 Å². The summed E-state index contributed by atoms with van der Waals surface area (Å²) < 4.78 is 21.6. The van der Waals surface area contributed by atoms with Crippen molar-refractivity contribution >= 4 is 11.0 Å². The average molecular weight is 328 g/mol. The smallest absolute Gasteiger partial charge is 0.239 e. The number of hydrogen-bond acceptors (Lipinski definition) is 6. The third kappa shape index (κ3) is 2.32. The first-order chi connectivity index (χ1) is 11.6. The Bertz CT molecular complexity index is 943. The molecule has 3 rings (SSSR count). The van der Waals surface area contributed by atoms with Crippen LogP contribution in [0.5, 0.6) is 23.0 Å². The van der Waals surface area contributed by atoms with Gasteiger partial charge in [0, 0.05) is 11.6 Å². The minimum absolute atomic E-state index is 0.0553. The zero-order chi connectivity index (χ0) is 17.3. The van der Waals surface area contributed by atoms with Gasteiger partial charge in [0.05, 0.1) is 21.3 Å². The van der Waals surface area contributed by atoms with Crippen LogP contribution in [0.3, 0.4) is 0 Å². The lowest BCUT2D eigenvalue weighted by Crippen LogP contribution is -2.09. The quantitative estimate of drug-likeness (QED) is 0.792. The molecular weight excluding hydrogens is 312 g/mol. The molecule has 124 valence electrons. The zero-order valence-electron chi connectivity index (χ0n) is 13.5. The minimum Gasteiger partial charge on any atom is -0.504 e. The van der Waals surface area contributed by atoms with Crippen molar-refractivity contribution in [3.63, 3.8) is 0 Å². The fourth-order valence-electron chi connectivity index (χ4n) is 2.60. The topological polar surface area (TPSA) is 78.1 Å². The predicted molar refractivity (Wildman–Crippen MR) is 89.2 cm³/mol. The number of fused-ring (bicyclic) bond motifs is 1. The molecule has 0 aliphatic heterocycles. The van der Waals surface area contributed by atoms with Gasteiger partial charge in [-0.05, 0) is 0 Å². The van der Waals surface area contributed by atoms with Crippen molar-refractivity contribution in [2.75, 3.05) is 21.3 Å². The van der Waals surface area contributed by atoms with Gasteiger partial charge < -0.3 is 23.7 Å². The maximum Gasteiger partial charge on any atom is 0.239 e. The van der Waals surface area contributed by atoms with Crippen LogP contribution in [-0.4, -0.2) is 26.4 Å². The second-order valence-electron chi connectivity index (χ2n) is 4.99. The standard InChI is InChI=1S/C18H16O6/c1-21-12-9-11(19)16(22-2)17-13(12)14(20)18(23-3)15(24-17)10-7-5-4-6-8-10/h4-9,19H,1-3H3. The van der Waals surface area contributed by atoms with Crippen LogP contribution in [0.4, 0.5) is 0 Å². The molecule has 0 aliphatic rings. The predicted octanol–water partition coefficient (Wildman–Crippen LogP) is 3.19. The first-order valence-electron chi connectivity index (χ1n) is 7.16. The lowest BCUT2D eigenvalue weighted by molar-refractivity contribution is 0.360. The normalized spacial score (nSPS) is 10.6. The van der Waals surface area contributed by atoms with Crippen LogP contribution >= 0.6 is 0 Å². The van der Waals surface area contributed by atoms with Gasteiger partial charge in [-0.2, -0.15) is 0 Å². The van der Waals surface area contributed by atoms with Crippen LogP contribution in [-0.2, 0) is 0 Å². The first kappa shape index (κ1) is 15.7. The molecule has 0 aliphatic carbocycles. The van der Waals surface area contributed by atoms with E-state index < -0.39 is 5.43 Å². The highest BCUT2D eigenvalue weighted by Gasteiger charge is 2.24. The zero-order valence-corrected chi connectivity index (χ0v) is 13.5. The van der Waals surface area contributed by atoms with Gasteiger partial charge in [-0.15, -0.1) is 0 Å². The van der Waals surface area contributed by atoms with Crippen molar-refractivity contribution in [3.05, 3.63) is 46.6 Å². The third-order valence-electron chi connectivity index (χ3n) is 3.69. The number of aromatic hydroxyl groups is 1. The van der Waals surface area contributed by atoms with Crippen molar-refractivity contribution in [2.45, 2.75) is 0 Å². The summed E-state index contributed by atoms with van der Waals surface area (Å²) in [6, 6.07) is 10.4. The first-order valence-corrected chi connectivity index (χ1v) is 7.16. The van der Waals surface area contributed by atoms with Gasteiger partial charge in [-0.25, -0.2) is 0 Å². The van der Waals surface area contributed by atoms with E-state index in [-0.39, 0.29) is 39.7 Å². The number of phenols is 1. The molecule has 6 heteroatoms. The van der Waals surface area contributed by atoms with Crippen LogP contribution in [0.1, 0.15) is 0 Å². The number of benzene rings is 2. The number of phenolic OH excluding ortho intramolecular Hbond substituents is 1. The van der Waals surface area contributed by atoms with Crippen molar-refractivity contribution in [1.82, 2.24) is 0 Å². The fourth-order valence-corrected chi connectivity index (χ4v) is 2.60. The van der Waals surface area contributed by atoms with Crippen LogP contribution in [0.2, 0.25) is 0 Å². The highest BCUT2D eigenvalue weighted by atomic mass is 16.5. The lowest BCUT2D eigenvalue weighted by Gasteiger charge is -2.14. The Morgan fingerprint density at radius 2 is 1.62 bits per heavy atom. The second kappa shape index (κ2) is 6.16. The Labute approximate surface area is 137 Å². The summed E-state index contributed by atoms with van der Waals surface area (Å²) >= 11 is 0. The Balaban J connectivity index is 2.50. The van der Waals surface area contributed by atoms with Gasteiger partial charge in [0.2, 0.25) is 16.9 Å². The molecular formula is C18H16O6. The van der Waals surface area contributed by atoms with Crippen LogP contribution in [0.15, 0.2) is 45.6 Å². The summed E-state index contributed by atoms with van der Waals surface area (Å²) in [6.07, 6.45) is 0. The van der Waals surface area contributed by atoms with Crippen molar-refractivity contribution in [2.24, 2.45) is 0 Å². The van der Waals surface area contributed by atoms with E-state index in [0.717, 1.165) is 0 Å². The summed E-state index contributed by atoms with van der Waals surface area (Å²) in [6.45, 7) is 0. The maximum atomic E-state index is 12.9. The highest BCUT2D eigenvalue weighted by molar-refractivity contribution is 5.93. The Kier molecular flexibility index (Phi) is 4.04. The summed E-state index contributed by atoms with van der Waals surface area (Å²) in [5, 5.41) is 10.2. The van der Waals surface area contributed by atoms with E-state index in [9.17, 15) is 9.90 Å². The molecule has 0 amide bonds. The molecule has 2 aromatic carbocycles. The van der Waals surface area contributed by atoms with E-state index in [2.05, 4.69) is 0 Å². The molecule has 0 unspecified atom stereocenters. The molecule has 0 spiro atoms. The van der Waals surface area contributed by atoms with E-state index in [4.69, 9.17) is 18.6 Å². The molecule has 1 aromatic heterocycles. The van der Waals surface area contributed by atoms with Crippen molar-refractivity contribution in [3.8, 4) is 34.3 Å². The molecule has 0 saturated carbocycles. The number of hydrogen-bond donors (Lipinski definition) is 1. The average Bonchev–Trinajstić information content (AvgIpc) is 2.61. The molecule has 3 aromatic rings. The summed E-state index contributed by atoms with van der Waals surface area (Å²) in [7, 11) is 4.18. The molecule has 6 nitrogen and oxygen atoms in total. The van der Waals surface area contributed by atoms with E-state index in [1.165, 1.54) is 27.4 Å². The molecule has 24 heavy (non-hydrogen) atoms. The fraction of sp³-hybridized carbons (Fsp3) is 0.167. The van der Waals surface area contributed by atoms with E-state index in [0.29, 0.717) is 5.56 Å². The third-order valence-corrected chi connectivity index (χ3v) is 3.69. The van der Waals surface area contributed by atoms with Crippen LogP contribution in [0, 0.1) is 0 Å². The molecule has 0 bridgehead atoms. The van der Waals surface area contributed by atoms with Gasteiger partial charge in [-0.3, -0.25) is 4.79 Å². The molecule has 0 atom stereocenters. The summed E-state index contributed by atoms with van der Waals surface area (Å²) in [4.78, 5) is 12.9. The number of rotatable bonds is 4. The summed E-state index contributed by atoms with van der Waals surface area (Å²) in [5.74, 6) is 0.355. The monoisotopic (exact) mass is 328 g/mol. The Hall–Kier alpha value is -3.15. The van der Waals surface area contributed by atoms with E-state index in [1.54, 1.807) is 12.1 Å².